The third-order valence-corrected chi connectivity index (χ3v) is 4.41. The highest BCUT2D eigenvalue weighted by atomic mass is 14.2. The van der Waals surface area contributed by atoms with Crippen LogP contribution in [-0.2, 0) is 0 Å². The van der Waals surface area contributed by atoms with Crippen molar-refractivity contribution in [2.24, 2.45) is 11.8 Å². The van der Waals surface area contributed by atoms with Crippen molar-refractivity contribution in [2.75, 3.05) is 0 Å². The van der Waals surface area contributed by atoms with Gasteiger partial charge in [0.2, 0.25) is 0 Å². The molecule has 0 nitrogen and oxygen atoms in total. The molecule has 2 unspecified atom stereocenters. The lowest BCUT2D eigenvalue weighted by Gasteiger charge is -2.17. The standard InChI is InChI=1S/C26H42/c1-6-11-15-18-21-25(20-14-9-4)26(22-17-13-8-3)23-24(10-5)19-16-12-7-2/h9,14,16-23,25-26H,4,6-8,10-13,15H2,1-3,5H3. The molecule has 0 rings (SSSR count). The molecule has 0 heteroatoms. The zero-order chi connectivity index (χ0) is 19.5. The normalized spacial score (nSPS) is 15.6. The van der Waals surface area contributed by atoms with Crippen molar-refractivity contribution in [3.05, 3.63) is 72.9 Å². The molecule has 0 N–H and O–H groups in total. The van der Waals surface area contributed by atoms with Gasteiger partial charge in [-0.2, -0.15) is 0 Å². The van der Waals surface area contributed by atoms with Crippen molar-refractivity contribution in [3.63, 3.8) is 0 Å². The number of allylic oxidation sites excluding steroid dienone is 11. The molecular formula is C26H42. The summed E-state index contributed by atoms with van der Waals surface area (Å²) in [7, 11) is 0. The predicted molar refractivity (Wildman–Crippen MR) is 121 cm³/mol. The smallest absolute Gasteiger partial charge is 0.00500 e. The molecule has 0 fully saturated rings. The molecule has 0 aliphatic rings. The molecule has 0 heterocycles. The second-order valence-corrected chi connectivity index (χ2v) is 6.85. The van der Waals surface area contributed by atoms with Crippen LogP contribution in [0.3, 0.4) is 0 Å². The summed E-state index contributed by atoms with van der Waals surface area (Å²) in [4.78, 5) is 0. The van der Waals surface area contributed by atoms with Crippen LogP contribution in [0.4, 0.5) is 0 Å². The van der Waals surface area contributed by atoms with E-state index in [1.165, 1.54) is 37.7 Å². The SMILES string of the molecule is C=CC=CC(C=CCCCC)C(C=CCCC)C=C(C=CCCC)CC. The Morgan fingerprint density at radius 2 is 1.42 bits per heavy atom. The van der Waals surface area contributed by atoms with E-state index in [4.69, 9.17) is 0 Å². The zero-order valence-electron chi connectivity index (χ0n) is 17.8. The molecule has 0 spiro atoms. The third kappa shape index (κ3) is 12.8. The molecule has 0 aliphatic carbocycles. The maximum absolute atomic E-state index is 3.85. The summed E-state index contributed by atoms with van der Waals surface area (Å²) in [6.45, 7) is 12.8. The molecule has 0 aromatic carbocycles. The van der Waals surface area contributed by atoms with Gasteiger partial charge in [-0.05, 0) is 25.7 Å². The van der Waals surface area contributed by atoms with Gasteiger partial charge in [-0.25, -0.2) is 0 Å². The minimum atomic E-state index is 0.388. The van der Waals surface area contributed by atoms with Crippen LogP contribution in [-0.4, -0.2) is 0 Å². The predicted octanol–water partition coefficient (Wildman–Crippen LogP) is 8.76. The minimum Gasteiger partial charge on any atom is -0.0991 e. The van der Waals surface area contributed by atoms with Gasteiger partial charge in [0.1, 0.15) is 0 Å². The lowest BCUT2D eigenvalue weighted by atomic mass is 9.88. The Labute approximate surface area is 164 Å². The highest BCUT2D eigenvalue weighted by molar-refractivity contribution is 5.24. The van der Waals surface area contributed by atoms with Crippen molar-refractivity contribution < 1.29 is 0 Å². The van der Waals surface area contributed by atoms with Crippen LogP contribution in [0.2, 0.25) is 0 Å². The van der Waals surface area contributed by atoms with Crippen molar-refractivity contribution in [2.45, 2.75) is 79.1 Å². The lowest BCUT2D eigenvalue weighted by Crippen LogP contribution is -2.06. The summed E-state index contributed by atoms with van der Waals surface area (Å²) in [5.41, 5.74) is 1.43. The second-order valence-electron chi connectivity index (χ2n) is 6.85. The van der Waals surface area contributed by atoms with Gasteiger partial charge in [0.15, 0.2) is 0 Å². The lowest BCUT2D eigenvalue weighted by molar-refractivity contribution is 0.662. The minimum absolute atomic E-state index is 0.388. The van der Waals surface area contributed by atoms with Crippen molar-refractivity contribution in [1.82, 2.24) is 0 Å². The summed E-state index contributed by atoms with van der Waals surface area (Å²) in [6, 6.07) is 0. The van der Waals surface area contributed by atoms with E-state index < -0.39 is 0 Å². The molecule has 0 aliphatic heterocycles. The monoisotopic (exact) mass is 354 g/mol. The van der Waals surface area contributed by atoms with E-state index >= 15 is 0 Å². The first-order valence-electron chi connectivity index (χ1n) is 10.7. The maximum Gasteiger partial charge on any atom is 0.00500 e. The number of rotatable bonds is 15. The van der Waals surface area contributed by atoms with E-state index in [0.717, 1.165) is 19.3 Å². The van der Waals surface area contributed by atoms with Crippen LogP contribution >= 0.6 is 0 Å². The van der Waals surface area contributed by atoms with E-state index in [0.29, 0.717) is 11.8 Å². The van der Waals surface area contributed by atoms with Crippen molar-refractivity contribution in [1.29, 1.82) is 0 Å². The van der Waals surface area contributed by atoms with Crippen LogP contribution in [0.25, 0.3) is 0 Å². The zero-order valence-corrected chi connectivity index (χ0v) is 17.8. The Morgan fingerprint density at radius 1 is 0.769 bits per heavy atom. The Morgan fingerprint density at radius 3 is 2.04 bits per heavy atom. The quantitative estimate of drug-likeness (QED) is 0.157. The molecule has 0 saturated heterocycles. The van der Waals surface area contributed by atoms with Gasteiger partial charge in [0, 0.05) is 11.8 Å². The van der Waals surface area contributed by atoms with Crippen LogP contribution in [0, 0.1) is 11.8 Å². The Hall–Kier alpha value is -1.56. The van der Waals surface area contributed by atoms with Gasteiger partial charge in [0.25, 0.3) is 0 Å². The summed E-state index contributed by atoms with van der Waals surface area (Å²) < 4.78 is 0. The summed E-state index contributed by atoms with van der Waals surface area (Å²) in [6.07, 6.45) is 32.3. The van der Waals surface area contributed by atoms with Gasteiger partial charge < -0.3 is 0 Å². The van der Waals surface area contributed by atoms with Gasteiger partial charge in [-0.1, -0.05) is 126 Å². The Bertz CT molecular complexity index is 470. The van der Waals surface area contributed by atoms with Crippen LogP contribution < -0.4 is 0 Å². The Balaban J connectivity index is 5.53. The van der Waals surface area contributed by atoms with E-state index in [2.05, 4.69) is 89.0 Å². The van der Waals surface area contributed by atoms with Crippen LogP contribution in [0.1, 0.15) is 79.1 Å². The first-order chi connectivity index (χ1) is 12.7. The third-order valence-electron chi connectivity index (χ3n) is 4.41. The van der Waals surface area contributed by atoms with E-state index in [-0.39, 0.29) is 0 Å². The molecule has 26 heavy (non-hydrogen) atoms. The average molecular weight is 355 g/mol. The Kier molecular flexibility index (Phi) is 17.1. The first kappa shape index (κ1) is 24.4. The van der Waals surface area contributed by atoms with E-state index in [1.54, 1.807) is 0 Å². The fraction of sp³-hybridized carbons (Fsp3) is 0.538. The van der Waals surface area contributed by atoms with Crippen molar-refractivity contribution in [3.8, 4) is 0 Å². The van der Waals surface area contributed by atoms with Gasteiger partial charge in [0.05, 0.1) is 0 Å². The first-order valence-corrected chi connectivity index (χ1v) is 10.7. The summed E-state index contributed by atoms with van der Waals surface area (Å²) >= 11 is 0. The van der Waals surface area contributed by atoms with Crippen molar-refractivity contribution >= 4 is 0 Å². The molecule has 0 amide bonds. The number of hydrogen-bond acceptors (Lipinski definition) is 0. The fourth-order valence-electron chi connectivity index (χ4n) is 2.76. The molecule has 2 atom stereocenters. The van der Waals surface area contributed by atoms with E-state index in [9.17, 15) is 0 Å². The highest BCUT2D eigenvalue weighted by Crippen LogP contribution is 2.23. The van der Waals surface area contributed by atoms with Gasteiger partial charge >= 0.3 is 0 Å². The number of hydrogen-bond donors (Lipinski definition) is 0. The number of unbranched alkanes of at least 4 members (excludes halogenated alkanes) is 4. The molecule has 0 radical (unpaired) electrons. The average Bonchev–Trinajstić information content (AvgIpc) is 2.66. The molecule has 0 saturated carbocycles. The summed E-state index contributed by atoms with van der Waals surface area (Å²) in [5, 5.41) is 0. The van der Waals surface area contributed by atoms with Crippen LogP contribution in [0.5, 0.6) is 0 Å². The second kappa shape index (κ2) is 18.2. The molecule has 146 valence electrons. The van der Waals surface area contributed by atoms with Gasteiger partial charge in [-0.15, -0.1) is 0 Å². The fourth-order valence-corrected chi connectivity index (χ4v) is 2.76. The summed E-state index contributed by atoms with van der Waals surface area (Å²) in [5.74, 6) is 0.788. The molecule has 0 aromatic rings. The topological polar surface area (TPSA) is 0 Å². The largest absolute Gasteiger partial charge is 0.0991 e. The molecular weight excluding hydrogens is 312 g/mol. The molecule has 0 bridgehead atoms. The molecule has 0 aromatic heterocycles. The van der Waals surface area contributed by atoms with Gasteiger partial charge in [-0.3, -0.25) is 0 Å². The maximum atomic E-state index is 3.85. The highest BCUT2D eigenvalue weighted by Gasteiger charge is 2.11. The van der Waals surface area contributed by atoms with Crippen LogP contribution in [0.15, 0.2) is 72.9 Å². The van der Waals surface area contributed by atoms with E-state index in [1.807, 2.05) is 6.08 Å².